The fourth-order valence-corrected chi connectivity index (χ4v) is 6.10. The molecule has 1 heterocycles. The zero-order chi connectivity index (χ0) is 18.7. The summed E-state index contributed by atoms with van der Waals surface area (Å²) in [5.74, 6) is 0. The Morgan fingerprint density at radius 1 is 0.500 bits per heavy atom. The highest BCUT2D eigenvalue weighted by atomic mass is 79.9. The highest BCUT2D eigenvalue weighted by Crippen LogP contribution is 2.43. The van der Waals surface area contributed by atoms with Gasteiger partial charge < -0.3 is 0 Å². The molecule has 0 amide bonds. The van der Waals surface area contributed by atoms with Gasteiger partial charge in [-0.2, -0.15) is 0 Å². The molecule has 0 unspecified atom stereocenters. The highest BCUT2D eigenvalue weighted by Gasteiger charge is 2.14. The van der Waals surface area contributed by atoms with Crippen LogP contribution in [0.25, 0.3) is 52.8 Å². The van der Waals surface area contributed by atoms with Crippen LogP contribution in [0.2, 0.25) is 0 Å². The number of fused-ring (bicyclic) bond motifs is 5. The Morgan fingerprint density at radius 3 is 1.71 bits per heavy atom. The monoisotopic (exact) mass is 438 g/mol. The van der Waals surface area contributed by atoms with Crippen LogP contribution in [0.3, 0.4) is 0 Å². The van der Waals surface area contributed by atoms with E-state index in [1.807, 2.05) is 11.3 Å². The molecule has 0 atom stereocenters. The summed E-state index contributed by atoms with van der Waals surface area (Å²) in [4.78, 5) is 0. The van der Waals surface area contributed by atoms with Crippen molar-refractivity contribution in [2.45, 2.75) is 0 Å². The Labute approximate surface area is 175 Å². The van der Waals surface area contributed by atoms with Gasteiger partial charge in [0, 0.05) is 24.6 Å². The number of hydrogen-bond acceptors (Lipinski definition) is 1. The summed E-state index contributed by atoms with van der Waals surface area (Å²) < 4.78 is 3.86. The van der Waals surface area contributed by atoms with Crippen molar-refractivity contribution in [2.75, 3.05) is 0 Å². The molecular weight excluding hydrogens is 424 g/mol. The molecule has 0 fully saturated rings. The molecular formula is C26H15BrS. The first-order valence-corrected chi connectivity index (χ1v) is 10.9. The van der Waals surface area contributed by atoms with Crippen LogP contribution in [0.5, 0.6) is 0 Å². The number of halogens is 1. The highest BCUT2D eigenvalue weighted by molar-refractivity contribution is 9.10. The van der Waals surface area contributed by atoms with Gasteiger partial charge in [0.15, 0.2) is 0 Å². The summed E-state index contributed by atoms with van der Waals surface area (Å²) in [6, 6.07) is 33.0. The van der Waals surface area contributed by atoms with Gasteiger partial charge in [-0.25, -0.2) is 0 Å². The molecule has 6 rings (SSSR count). The second kappa shape index (κ2) is 6.16. The minimum Gasteiger partial charge on any atom is -0.135 e. The number of hydrogen-bond donors (Lipinski definition) is 0. The Morgan fingerprint density at radius 2 is 1.04 bits per heavy atom. The van der Waals surface area contributed by atoms with E-state index in [-0.39, 0.29) is 0 Å². The third-order valence-electron chi connectivity index (χ3n) is 5.53. The molecule has 28 heavy (non-hydrogen) atoms. The van der Waals surface area contributed by atoms with Crippen LogP contribution in [0.15, 0.2) is 95.5 Å². The Bertz CT molecular complexity index is 1470. The molecule has 0 aliphatic carbocycles. The van der Waals surface area contributed by atoms with Crippen LogP contribution in [0.1, 0.15) is 0 Å². The zero-order valence-corrected chi connectivity index (χ0v) is 17.3. The molecule has 0 saturated heterocycles. The quantitative estimate of drug-likeness (QED) is 0.225. The second-order valence-electron chi connectivity index (χ2n) is 7.09. The van der Waals surface area contributed by atoms with Crippen molar-refractivity contribution in [1.29, 1.82) is 0 Å². The molecule has 0 aliphatic heterocycles. The Hall–Kier alpha value is -2.68. The molecule has 2 heteroatoms. The first-order chi connectivity index (χ1) is 13.8. The van der Waals surface area contributed by atoms with Crippen molar-refractivity contribution in [3.05, 3.63) is 95.5 Å². The second-order valence-corrected chi connectivity index (χ2v) is 8.97. The average molecular weight is 439 g/mol. The van der Waals surface area contributed by atoms with E-state index >= 15 is 0 Å². The van der Waals surface area contributed by atoms with Gasteiger partial charge in [-0.05, 0) is 60.7 Å². The number of rotatable bonds is 1. The summed E-state index contributed by atoms with van der Waals surface area (Å²) in [6.45, 7) is 0. The van der Waals surface area contributed by atoms with Crippen LogP contribution in [0.4, 0.5) is 0 Å². The topological polar surface area (TPSA) is 0 Å². The number of thiophene rings is 1. The molecule has 0 N–H and O–H groups in total. The van der Waals surface area contributed by atoms with Crippen molar-refractivity contribution in [2.24, 2.45) is 0 Å². The van der Waals surface area contributed by atoms with E-state index in [2.05, 4.69) is 107 Å². The molecule has 132 valence electrons. The van der Waals surface area contributed by atoms with Crippen LogP contribution in [-0.4, -0.2) is 0 Å². The maximum absolute atomic E-state index is 3.85. The molecule has 0 bridgehead atoms. The van der Waals surface area contributed by atoms with Crippen molar-refractivity contribution in [1.82, 2.24) is 0 Å². The van der Waals surface area contributed by atoms with Crippen molar-refractivity contribution >= 4 is 69.0 Å². The van der Waals surface area contributed by atoms with Gasteiger partial charge in [0.05, 0.1) is 0 Å². The third kappa shape index (κ3) is 2.28. The normalized spacial score (nSPS) is 11.8. The van der Waals surface area contributed by atoms with Gasteiger partial charge in [-0.3, -0.25) is 0 Å². The van der Waals surface area contributed by atoms with Gasteiger partial charge in [-0.1, -0.05) is 78.9 Å². The molecule has 0 spiro atoms. The van der Waals surface area contributed by atoms with Gasteiger partial charge in [-0.15, -0.1) is 11.3 Å². The fraction of sp³-hybridized carbons (Fsp3) is 0. The Balaban J connectivity index is 1.76. The molecule has 5 aromatic carbocycles. The summed E-state index contributed by atoms with van der Waals surface area (Å²) in [7, 11) is 0. The van der Waals surface area contributed by atoms with Crippen LogP contribution < -0.4 is 0 Å². The molecule has 1 aromatic heterocycles. The van der Waals surface area contributed by atoms with E-state index in [4.69, 9.17) is 0 Å². The smallest absolute Gasteiger partial charge is 0.0361 e. The average Bonchev–Trinajstić information content (AvgIpc) is 3.12. The van der Waals surface area contributed by atoms with Gasteiger partial charge >= 0.3 is 0 Å². The molecule has 0 nitrogen and oxygen atoms in total. The van der Waals surface area contributed by atoms with Crippen molar-refractivity contribution in [3.8, 4) is 11.1 Å². The van der Waals surface area contributed by atoms with E-state index in [1.54, 1.807) is 0 Å². The van der Waals surface area contributed by atoms with E-state index in [0.29, 0.717) is 0 Å². The SMILES string of the molecule is Brc1c2ccccc2c(-c2ccc3c(c2)sc2ccccc23)c2ccccc12. The lowest BCUT2D eigenvalue weighted by atomic mass is 9.92. The lowest BCUT2D eigenvalue weighted by Gasteiger charge is -2.14. The van der Waals surface area contributed by atoms with Crippen molar-refractivity contribution in [3.63, 3.8) is 0 Å². The van der Waals surface area contributed by atoms with E-state index < -0.39 is 0 Å². The minimum atomic E-state index is 1.17. The van der Waals surface area contributed by atoms with Crippen LogP contribution in [0, 0.1) is 0 Å². The standard InChI is InChI=1S/C26H15BrS/c27-26-21-10-3-1-8-19(21)25(20-9-2-4-11-22(20)26)16-13-14-18-17-7-5-6-12-23(17)28-24(18)15-16/h1-15H. The summed E-state index contributed by atoms with van der Waals surface area (Å²) in [5.41, 5.74) is 2.59. The molecule has 6 aromatic rings. The zero-order valence-electron chi connectivity index (χ0n) is 14.9. The Kier molecular flexibility index (Phi) is 3.59. The summed E-state index contributed by atoms with van der Waals surface area (Å²) in [5, 5.41) is 7.77. The first-order valence-electron chi connectivity index (χ1n) is 9.32. The summed E-state index contributed by atoms with van der Waals surface area (Å²) in [6.07, 6.45) is 0. The van der Waals surface area contributed by atoms with Gasteiger partial charge in [0.25, 0.3) is 0 Å². The summed E-state index contributed by atoms with van der Waals surface area (Å²) >= 11 is 5.73. The number of benzene rings is 5. The minimum absolute atomic E-state index is 1.17. The van der Waals surface area contributed by atoms with Crippen LogP contribution >= 0.6 is 27.3 Å². The lowest BCUT2D eigenvalue weighted by molar-refractivity contribution is 1.71. The first kappa shape index (κ1) is 16.3. The van der Waals surface area contributed by atoms with E-state index in [0.717, 1.165) is 0 Å². The van der Waals surface area contributed by atoms with E-state index in [9.17, 15) is 0 Å². The third-order valence-corrected chi connectivity index (χ3v) is 7.52. The fourth-order valence-electron chi connectivity index (χ4n) is 4.27. The molecule has 0 saturated carbocycles. The van der Waals surface area contributed by atoms with E-state index in [1.165, 1.54) is 57.3 Å². The molecule has 0 aliphatic rings. The predicted molar refractivity (Wildman–Crippen MR) is 127 cm³/mol. The predicted octanol–water partition coefficient (Wildman–Crippen LogP) is 8.79. The van der Waals surface area contributed by atoms with Gasteiger partial charge in [0.2, 0.25) is 0 Å². The van der Waals surface area contributed by atoms with Crippen LogP contribution in [-0.2, 0) is 0 Å². The lowest BCUT2D eigenvalue weighted by Crippen LogP contribution is -1.87. The van der Waals surface area contributed by atoms with Crippen molar-refractivity contribution < 1.29 is 0 Å². The maximum Gasteiger partial charge on any atom is 0.0361 e. The maximum atomic E-state index is 3.85. The molecule has 0 radical (unpaired) electrons. The van der Waals surface area contributed by atoms with Gasteiger partial charge in [0.1, 0.15) is 0 Å². The largest absolute Gasteiger partial charge is 0.135 e.